The van der Waals surface area contributed by atoms with Gasteiger partial charge in [-0.15, -0.1) is 0 Å². The zero-order chi connectivity index (χ0) is 19.0. The first-order chi connectivity index (χ1) is 13.0. The number of rotatable bonds is 4. The molecule has 2 aromatic rings. The zero-order valence-electron chi connectivity index (χ0n) is 16.1. The standard InChI is InChI=1S/C22H26N2O3/c1-13(2)16-6-4-5-14(3)20(16)24-22(25)23-12-18-17-8-10-26-19(17)11-15-7-9-27-21(15)18/h4-6,11,13H,7-10,12H2,1-3H3,(H2,23,24,25). The first-order valence-electron chi connectivity index (χ1n) is 9.62. The van der Waals surface area contributed by atoms with Gasteiger partial charge in [0.1, 0.15) is 11.5 Å². The summed E-state index contributed by atoms with van der Waals surface area (Å²) in [6.07, 6.45) is 1.76. The van der Waals surface area contributed by atoms with Crippen LogP contribution in [0.2, 0.25) is 0 Å². The summed E-state index contributed by atoms with van der Waals surface area (Å²) in [5, 5.41) is 6.06. The van der Waals surface area contributed by atoms with Gasteiger partial charge >= 0.3 is 6.03 Å². The molecule has 0 spiro atoms. The van der Waals surface area contributed by atoms with Gasteiger partial charge in [-0.25, -0.2) is 4.79 Å². The summed E-state index contributed by atoms with van der Waals surface area (Å²) < 4.78 is 11.6. The van der Waals surface area contributed by atoms with Crippen molar-refractivity contribution in [2.45, 2.75) is 46.1 Å². The first-order valence-corrected chi connectivity index (χ1v) is 9.62. The number of anilines is 1. The van der Waals surface area contributed by atoms with E-state index < -0.39 is 0 Å². The molecule has 0 saturated carbocycles. The highest BCUT2D eigenvalue weighted by atomic mass is 16.5. The Bertz CT molecular complexity index is 857. The van der Waals surface area contributed by atoms with Gasteiger partial charge in [-0.05, 0) is 30.0 Å². The van der Waals surface area contributed by atoms with Gasteiger partial charge in [-0.2, -0.15) is 0 Å². The Morgan fingerprint density at radius 2 is 2.00 bits per heavy atom. The van der Waals surface area contributed by atoms with Gasteiger partial charge in [-0.1, -0.05) is 32.0 Å². The minimum absolute atomic E-state index is 0.200. The molecule has 142 valence electrons. The molecule has 27 heavy (non-hydrogen) atoms. The van der Waals surface area contributed by atoms with Crippen LogP contribution in [0, 0.1) is 6.92 Å². The van der Waals surface area contributed by atoms with Gasteiger partial charge < -0.3 is 20.1 Å². The number of aryl methyl sites for hydroxylation is 1. The van der Waals surface area contributed by atoms with Gasteiger partial charge in [0.15, 0.2) is 0 Å². The third kappa shape index (κ3) is 3.34. The predicted octanol–water partition coefficient (Wildman–Crippen LogP) is 4.31. The molecule has 0 radical (unpaired) electrons. The van der Waals surface area contributed by atoms with Crippen molar-refractivity contribution >= 4 is 11.7 Å². The lowest BCUT2D eigenvalue weighted by Crippen LogP contribution is -2.29. The average molecular weight is 366 g/mol. The molecular formula is C22H26N2O3. The third-order valence-electron chi connectivity index (χ3n) is 5.35. The average Bonchev–Trinajstić information content (AvgIpc) is 3.29. The van der Waals surface area contributed by atoms with Gasteiger partial charge in [0.05, 0.1) is 13.2 Å². The van der Waals surface area contributed by atoms with Crippen LogP contribution in [0.15, 0.2) is 24.3 Å². The summed E-state index contributed by atoms with van der Waals surface area (Å²) in [5.41, 5.74) is 6.50. The lowest BCUT2D eigenvalue weighted by Gasteiger charge is -2.18. The van der Waals surface area contributed by atoms with Crippen molar-refractivity contribution in [1.29, 1.82) is 0 Å². The molecule has 5 heteroatoms. The Morgan fingerprint density at radius 3 is 2.81 bits per heavy atom. The molecule has 4 rings (SSSR count). The van der Waals surface area contributed by atoms with E-state index in [-0.39, 0.29) is 6.03 Å². The van der Waals surface area contributed by atoms with Crippen molar-refractivity contribution in [3.05, 3.63) is 52.1 Å². The van der Waals surface area contributed by atoms with Crippen molar-refractivity contribution in [2.75, 3.05) is 18.5 Å². The van der Waals surface area contributed by atoms with Crippen LogP contribution in [0.25, 0.3) is 0 Å². The second-order valence-corrected chi connectivity index (χ2v) is 7.52. The van der Waals surface area contributed by atoms with E-state index >= 15 is 0 Å². The number of benzene rings is 2. The van der Waals surface area contributed by atoms with Crippen LogP contribution in [-0.4, -0.2) is 19.2 Å². The number of ether oxygens (including phenoxy) is 2. The van der Waals surface area contributed by atoms with Crippen LogP contribution in [-0.2, 0) is 19.4 Å². The smallest absolute Gasteiger partial charge is 0.319 e. The quantitative estimate of drug-likeness (QED) is 0.848. The Hall–Kier alpha value is -2.69. The summed E-state index contributed by atoms with van der Waals surface area (Å²) in [5.74, 6) is 2.21. The fraction of sp³-hybridized carbons (Fsp3) is 0.409. The van der Waals surface area contributed by atoms with E-state index in [9.17, 15) is 4.79 Å². The molecule has 0 aliphatic carbocycles. The Balaban J connectivity index is 1.52. The number of urea groups is 1. The van der Waals surface area contributed by atoms with E-state index in [0.717, 1.165) is 52.3 Å². The van der Waals surface area contributed by atoms with Gasteiger partial charge in [0.25, 0.3) is 0 Å². The summed E-state index contributed by atoms with van der Waals surface area (Å²) in [4.78, 5) is 12.6. The minimum atomic E-state index is -0.200. The molecule has 0 aromatic heterocycles. The van der Waals surface area contributed by atoms with E-state index in [1.165, 1.54) is 5.56 Å². The van der Waals surface area contributed by atoms with Crippen molar-refractivity contribution in [1.82, 2.24) is 5.32 Å². The number of amides is 2. The molecule has 2 amide bonds. The monoisotopic (exact) mass is 366 g/mol. The van der Waals surface area contributed by atoms with Crippen molar-refractivity contribution in [3.63, 3.8) is 0 Å². The predicted molar refractivity (Wildman–Crippen MR) is 106 cm³/mol. The molecule has 2 aliphatic heterocycles. The molecule has 5 nitrogen and oxygen atoms in total. The number of nitrogens with one attached hydrogen (secondary N) is 2. The second kappa shape index (κ2) is 7.14. The van der Waals surface area contributed by atoms with Gasteiger partial charge in [0.2, 0.25) is 0 Å². The largest absolute Gasteiger partial charge is 0.493 e. The van der Waals surface area contributed by atoms with Crippen molar-refractivity contribution < 1.29 is 14.3 Å². The molecular weight excluding hydrogens is 340 g/mol. The number of hydrogen-bond donors (Lipinski definition) is 2. The van der Waals surface area contributed by atoms with Crippen LogP contribution >= 0.6 is 0 Å². The van der Waals surface area contributed by atoms with E-state index in [1.807, 2.05) is 19.1 Å². The summed E-state index contributed by atoms with van der Waals surface area (Å²) in [6.45, 7) is 8.10. The summed E-state index contributed by atoms with van der Waals surface area (Å²) in [6, 6.07) is 8.01. The van der Waals surface area contributed by atoms with Gasteiger partial charge in [-0.3, -0.25) is 0 Å². The molecule has 2 aromatic carbocycles. The number of carbonyl (C=O) groups excluding carboxylic acids is 1. The Labute approximate surface area is 160 Å². The third-order valence-corrected chi connectivity index (χ3v) is 5.35. The molecule has 0 unspecified atom stereocenters. The van der Waals surface area contributed by atoms with Crippen molar-refractivity contribution in [2.24, 2.45) is 0 Å². The van der Waals surface area contributed by atoms with E-state index in [1.54, 1.807) is 0 Å². The highest BCUT2D eigenvalue weighted by molar-refractivity contribution is 5.91. The van der Waals surface area contributed by atoms with Crippen molar-refractivity contribution in [3.8, 4) is 11.5 Å². The molecule has 2 aliphatic rings. The minimum Gasteiger partial charge on any atom is -0.493 e. The van der Waals surface area contributed by atoms with Gasteiger partial charge in [0, 0.05) is 41.8 Å². The van der Waals surface area contributed by atoms with Crippen LogP contribution in [0.3, 0.4) is 0 Å². The molecule has 2 N–H and O–H groups in total. The molecule has 0 fully saturated rings. The van der Waals surface area contributed by atoms with E-state index in [0.29, 0.717) is 25.7 Å². The lowest BCUT2D eigenvalue weighted by molar-refractivity contribution is 0.251. The fourth-order valence-electron chi connectivity index (χ4n) is 3.94. The second-order valence-electron chi connectivity index (χ2n) is 7.52. The van der Waals surface area contributed by atoms with Crippen LogP contribution in [0.4, 0.5) is 10.5 Å². The molecule has 0 saturated heterocycles. The zero-order valence-corrected chi connectivity index (χ0v) is 16.1. The number of carbonyl (C=O) groups is 1. The van der Waals surface area contributed by atoms with Crippen LogP contribution < -0.4 is 20.1 Å². The topological polar surface area (TPSA) is 59.6 Å². The lowest BCUT2D eigenvalue weighted by atomic mass is 9.98. The fourth-order valence-corrected chi connectivity index (χ4v) is 3.94. The first kappa shape index (κ1) is 17.7. The maximum absolute atomic E-state index is 12.6. The molecule has 0 atom stereocenters. The number of fused-ring (bicyclic) bond motifs is 2. The molecule has 2 heterocycles. The number of para-hydroxylation sites is 1. The van der Waals surface area contributed by atoms with Crippen LogP contribution in [0.5, 0.6) is 11.5 Å². The number of hydrogen-bond acceptors (Lipinski definition) is 3. The molecule has 0 bridgehead atoms. The SMILES string of the molecule is Cc1cccc(C(C)C)c1NC(=O)NCc1c2c(cc3c1OCC3)OCC2. The van der Waals surface area contributed by atoms with E-state index in [2.05, 4.69) is 36.6 Å². The maximum atomic E-state index is 12.6. The highest BCUT2D eigenvalue weighted by Gasteiger charge is 2.26. The Morgan fingerprint density at radius 1 is 1.19 bits per heavy atom. The summed E-state index contributed by atoms with van der Waals surface area (Å²) >= 11 is 0. The summed E-state index contributed by atoms with van der Waals surface area (Å²) in [7, 11) is 0. The van der Waals surface area contributed by atoms with E-state index in [4.69, 9.17) is 9.47 Å². The Kier molecular flexibility index (Phi) is 4.68. The normalized spacial score (nSPS) is 14.4. The maximum Gasteiger partial charge on any atom is 0.319 e. The van der Waals surface area contributed by atoms with Crippen LogP contribution in [0.1, 0.15) is 47.6 Å². The highest BCUT2D eigenvalue weighted by Crippen LogP contribution is 2.40.